The van der Waals surface area contributed by atoms with E-state index in [1.165, 1.54) is 10.9 Å². The van der Waals surface area contributed by atoms with Gasteiger partial charge >= 0.3 is 6.18 Å². The molecule has 1 amide bonds. The Hall–Kier alpha value is -2.96. The average Bonchev–Trinajstić information content (AvgIpc) is 3.18. The Morgan fingerprint density at radius 3 is 2.62 bits per heavy atom. The summed E-state index contributed by atoms with van der Waals surface area (Å²) in [6.45, 7) is -0.238. The zero-order valence-electron chi connectivity index (χ0n) is 16.7. The van der Waals surface area contributed by atoms with Crippen molar-refractivity contribution in [3.63, 3.8) is 0 Å². The maximum Gasteiger partial charge on any atom is 0.416 e. The lowest BCUT2D eigenvalue weighted by Gasteiger charge is -2.40. The maximum absolute atomic E-state index is 13.8. The normalized spacial score (nSPS) is 20.8. The summed E-state index contributed by atoms with van der Waals surface area (Å²) in [6.07, 6.45) is -4.03. The number of halogens is 6. The molecular formula is C19H19F6N5O2. The van der Waals surface area contributed by atoms with E-state index in [1.54, 1.807) is 11.9 Å². The fraction of sp³-hybridized carbons (Fsp3) is 0.474. The first kappa shape index (κ1) is 22.2. The van der Waals surface area contributed by atoms with E-state index >= 15 is 0 Å². The van der Waals surface area contributed by atoms with E-state index in [2.05, 4.69) is 15.7 Å². The first-order valence-electron chi connectivity index (χ1n) is 9.65. The van der Waals surface area contributed by atoms with Crippen LogP contribution in [0.4, 0.5) is 32.2 Å². The molecule has 2 fully saturated rings. The summed E-state index contributed by atoms with van der Waals surface area (Å²) < 4.78 is 86.5. The first-order valence-corrected chi connectivity index (χ1v) is 9.65. The van der Waals surface area contributed by atoms with Gasteiger partial charge in [0.05, 0.1) is 31.4 Å². The van der Waals surface area contributed by atoms with Crippen LogP contribution in [0.3, 0.4) is 0 Å². The van der Waals surface area contributed by atoms with Crippen molar-refractivity contribution in [2.24, 2.45) is 7.05 Å². The third-order valence-corrected chi connectivity index (χ3v) is 5.33. The van der Waals surface area contributed by atoms with Crippen LogP contribution >= 0.6 is 0 Å². The van der Waals surface area contributed by atoms with Crippen LogP contribution in [-0.2, 0) is 13.2 Å². The average molecular weight is 463 g/mol. The number of benzene rings is 1. The van der Waals surface area contributed by atoms with Crippen molar-refractivity contribution in [3.8, 4) is 5.75 Å². The number of amides is 1. The van der Waals surface area contributed by atoms with E-state index in [4.69, 9.17) is 4.74 Å². The summed E-state index contributed by atoms with van der Waals surface area (Å²) in [4.78, 5) is 14.2. The number of carbonyl (C=O) groups excluding carboxylic acids is 1. The van der Waals surface area contributed by atoms with Crippen LogP contribution in [-0.4, -0.2) is 59.9 Å². The number of rotatable bonds is 5. The van der Waals surface area contributed by atoms with Crippen LogP contribution in [0.5, 0.6) is 5.75 Å². The van der Waals surface area contributed by atoms with Crippen LogP contribution in [0.2, 0.25) is 0 Å². The molecule has 1 unspecified atom stereocenters. The third kappa shape index (κ3) is 4.33. The molecule has 7 nitrogen and oxygen atoms in total. The van der Waals surface area contributed by atoms with Gasteiger partial charge in [-0.2, -0.15) is 18.3 Å². The molecule has 13 heteroatoms. The fourth-order valence-electron chi connectivity index (χ4n) is 3.69. The van der Waals surface area contributed by atoms with Crippen LogP contribution in [0.15, 0.2) is 24.4 Å². The SMILES string of the molecule is Cn1ncc(C(=O)NC2CNCC2(F)F)c1N1CC(Oc2cc(F)cc(C(F)(F)F)c2)C1. The van der Waals surface area contributed by atoms with E-state index in [-0.39, 0.29) is 30.9 Å². The molecule has 0 spiro atoms. The monoisotopic (exact) mass is 463 g/mol. The van der Waals surface area contributed by atoms with Crippen molar-refractivity contribution in [1.29, 1.82) is 0 Å². The number of nitrogens with one attached hydrogen (secondary N) is 2. The minimum absolute atomic E-state index is 0.0679. The van der Waals surface area contributed by atoms with Crippen LogP contribution in [0.25, 0.3) is 0 Å². The molecule has 1 aromatic heterocycles. The Bertz CT molecular complexity index is 1020. The van der Waals surface area contributed by atoms with Gasteiger partial charge in [0.2, 0.25) is 0 Å². The number of alkyl halides is 5. The van der Waals surface area contributed by atoms with E-state index in [0.717, 1.165) is 6.07 Å². The van der Waals surface area contributed by atoms with Crippen molar-refractivity contribution in [2.45, 2.75) is 24.2 Å². The lowest BCUT2D eigenvalue weighted by atomic mass is 10.1. The highest BCUT2D eigenvalue weighted by Gasteiger charge is 2.45. The molecule has 2 saturated heterocycles. The molecule has 174 valence electrons. The second-order valence-corrected chi connectivity index (χ2v) is 7.74. The Kier molecular flexibility index (Phi) is 5.47. The van der Waals surface area contributed by atoms with E-state index < -0.39 is 48.1 Å². The summed E-state index contributed by atoms with van der Waals surface area (Å²) >= 11 is 0. The number of anilines is 1. The molecule has 0 bridgehead atoms. The topological polar surface area (TPSA) is 71.4 Å². The number of carbonyl (C=O) groups is 1. The highest BCUT2D eigenvalue weighted by atomic mass is 19.4. The lowest BCUT2D eigenvalue weighted by molar-refractivity contribution is -0.137. The highest BCUT2D eigenvalue weighted by Crippen LogP contribution is 2.34. The van der Waals surface area contributed by atoms with Gasteiger partial charge in [0.25, 0.3) is 11.8 Å². The van der Waals surface area contributed by atoms with Gasteiger partial charge in [0.15, 0.2) is 0 Å². The van der Waals surface area contributed by atoms with E-state index in [0.29, 0.717) is 18.0 Å². The van der Waals surface area contributed by atoms with Crippen molar-refractivity contribution in [3.05, 3.63) is 41.3 Å². The molecule has 2 aliphatic heterocycles. The number of nitrogens with zero attached hydrogens (tertiary/aromatic N) is 3. The molecule has 2 N–H and O–H groups in total. The molecule has 2 aromatic rings. The largest absolute Gasteiger partial charge is 0.487 e. The molecule has 1 atom stereocenters. The van der Waals surface area contributed by atoms with Crippen molar-refractivity contribution >= 4 is 11.7 Å². The van der Waals surface area contributed by atoms with Gasteiger partial charge in [-0.05, 0) is 12.1 Å². The molecule has 1 aromatic carbocycles. The molecule has 0 aliphatic carbocycles. The zero-order valence-corrected chi connectivity index (χ0v) is 16.7. The number of ether oxygens (including phenoxy) is 1. The zero-order chi connectivity index (χ0) is 23.3. The molecule has 2 aliphatic rings. The quantitative estimate of drug-likeness (QED) is 0.666. The minimum atomic E-state index is -4.71. The van der Waals surface area contributed by atoms with Gasteiger partial charge in [0, 0.05) is 19.7 Å². The molecule has 0 saturated carbocycles. The van der Waals surface area contributed by atoms with Gasteiger partial charge in [-0.3, -0.25) is 9.48 Å². The number of aryl methyl sites for hydroxylation is 1. The summed E-state index contributed by atoms with van der Waals surface area (Å²) in [5.74, 6) is -4.78. The van der Waals surface area contributed by atoms with Crippen molar-refractivity contribution < 1.29 is 35.9 Å². The Balaban J connectivity index is 1.42. The Labute approximate surface area is 178 Å². The molecule has 32 heavy (non-hydrogen) atoms. The summed E-state index contributed by atoms with van der Waals surface area (Å²) in [5, 5.41) is 8.84. The van der Waals surface area contributed by atoms with Gasteiger partial charge in [-0.1, -0.05) is 0 Å². The fourth-order valence-corrected chi connectivity index (χ4v) is 3.69. The van der Waals surface area contributed by atoms with Gasteiger partial charge in [-0.25, -0.2) is 13.2 Å². The van der Waals surface area contributed by atoms with E-state index in [9.17, 15) is 31.1 Å². The number of hydrogen-bond acceptors (Lipinski definition) is 5. The first-order chi connectivity index (χ1) is 14.9. The molecule has 3 heterocycles. The summed E-state index contributed by atoms with van der Waals surface area (Å²) in [5.41, 5.74) is -1.08. The van der Waals surface area contributed by atoms with Gasteiger partial charge < -0.3 is 20.3 Å². The van der Waals surface area contributed by atoms with Crippen LogP contribution < -0.4 is 20.3 Å². The second kappa shape index (κ2) is 7.87. The number of aromatic nitrogens is 2. The van der Waals surface area contributed by atoms with Crippen molar-refractivity contribution in [1.82, 2.24) is 20.4 Å². The standard InChI is InChI=1S/C19H19F6N5O2/c1-29-17(14(5-27-29)16(31)28-15-6-26-9-18(15,21)22)30-7-13(8-30)32-12-3-10(19(23,24)25)2-11(20)4-12/h2-5,13,15,26H,6-9H2,1H3,(H,28,31). The smallest absolute Gasteiger partial charge is 0.416 e. The van der Waals surface area contributed by atoms with E-state index in [1.807, 2.05) is 0 Å². The second-order valence-electron chi connectivity index (χ2n) is 7.74. The molecular weight excluding hydrogens is 444 g/mol. The number of hydrogen-bond donors (Lipinski definition) is 2. The highest BCUT2D eigenvalue weighted by molar-refractivity contribution is 5.99. The van der Waals surface area contributed by atoms with Gasteiger partial charge in [-0.15, -0.1) is 0 Å². The van der Waals surface area contributed by atoms with Crippen LogP contribution in [0.1, 0.15) is 15.9 Å². The minimum Gasteiger partial charge on any atom is -0.487 e. The summed E-state index contributed by atoms with van der Waals surface area (Å²) in [6, 6.07) is 0.594. The third-order valence-electron chi connectivity index (χ3n) is 5.33. The van der Waals surface area contributed by atoms with Crippen LogP contribution in [0, 0.1) is 5.82 Å². The molecule has 0 radical (unpaired) electrons. The lowest BCUT2D eigenvalue weighted by Crippen LogP contribution is -2.55. The van der Waals surface area contributed by atoms with Gasteiger partial charge in [0.1, 0.15) is 35.1 Å². The maximum atomic E-state index is 13.8. The molecule has 4 rings (SSSR count). The van der Waals surface area contributed by atoms with Crippen molar-refractivity contribution in [2.75, 3.05) is 31.1 Å². The predicted octanol–water partition coefficient (Wildman–Crippen LogP) is 2.18. The Morgan fingerprint density at radius 1 is 1.28 bits per heavy atom. The predicted molar refractivity (Wildman–Crippen MR) is 100 cm³/mol. The Morgan fingerprint density at radius 2 is 2.00 bits per heavy atom. The summed E-state index contributed by atoms with van der Waals surface area (Å²) in [7, 11) is 1.56.